The van der Waals surface area contributed by atoms with Crippen molar-refractivity contribution in [3.8, 4) is 0 Å². The van der Waals surface area contributed by atoms with E-state index in [0.29, 0.717) is 23.2 Å². The number of benzene rings is 1. The summed E-state index contributed by atoms with van der Waals surface area (Å²) in [5.41, 5.74) is 6.97. The van der Waals surface area contributed by atoms with Crippen LogP contribution < -0.4 is 5.73 Å². The summed E-state index contributed by atoms with van der Waals surface area (Å²) in [5.74, 6) is -0.564. The van der Waals surface area contributed by atoms with E-state index in [-0.39, 0.29) is 17.9 Å². The van der Waals surface area contributed by atoms with Crippen LogP contribution in [0, 0.1) is 0 Å². The minimum atomic E-state index is -0.316. The summed E-state index contributed by atoms with van der Waals surface area (Å²) in [7, 11) is 0. The summed E-state index contributed by atoms with van der Waals surface area (Å²) in [4.78, 5) is 30.5. The Balaban J connectivity index is 2.05. The molecule has 1 aromatic heterocycles. The lowest BCUT2D eigenvalue weighted by atomic mass is 10.1. The molecule has 0 spiro atoms. The van der Waals surface area contributed by atoms with E-state index in [1.165, 1.54) is 16.2 Å². The summed E-state index contributed by atoms with van der Waals surface area (Å²) in [6, 6.07) is 4.49. The first kappa shape index (κ1) is 12.8. The molecule has 0 bridgehead atoms. The van der Waals surface area contributed by atoms with Gasteiger partial charge in [-0.15, -0.1) is 11.3 Å². The number of anilines is 1. The zero-order valence-corrected chi connectivity index (χ0v) is 11.7. The molecular weight excluding hydrogens is 274 g/mol. The predicted octanol–water partition coefficient (Wildman–Crippen LogP) is 2.47. The van der Waals surface area contributed by atoms with Crippen molar-refractivity contribution in [3.05, 3.63) is 45.9 Å². The number of fused-ring (bicyclic) bond motifs is 1. The molecule has 2 N–H and O–H groups in total. The van der Waals surface area contributed by atoms with Gasteiger partial charge in [-0.25, -0.2) is 4.98 Å². The monoisotopic (exact) mass is 287 g/mol. The zero-order chi connectivity index (χ0) is 14.3. The van der Waals surface area contributed by atoms with Gasteiger partial charge in [-0.05, 0) is 24.6 Å². The summed E-state index contributed by atoms with van der Waals surface area (Å²) < 4.78 is 0. The molecule has 1 unspecified atom stereocenters. The standard InChI is InChI=1S/C14H13N3O2S/c1-2-11(12-16-5-6-20-12)17-13(18)9-4-3-8(15)7-10(9)14(17)19/h3-7,11H,2,15H2,1H3. The Bertz CT molecular complexity index is 682. The molecule has 5 nitrogen and oxygen atoms in total. The third-order valence-corrected chi connectivity index (χ3v) is 4.25. The van der Waals surface area contributed by atoms with Gasteiger partial charge in [0.2, 0.25) is 0 Å². The SMILES string of the molecule is CCC(c1nccs1)N1C(=O)c2ccc(N)cc2C1=O. The molecule has 1 atom stereocenters. The second-order valence-electron chi connectivity index (χ2n) is 4.58. The van der Waals surface area contributed by atoms with Crippen LogP contribution >= 0.6 is 11.3 Å². The quantitative estimate of drug-likeness (QED) is 0.695. The van der Waals surface area contributed by atoms with E-state index in [1.54, 1.807) is 24.4 Å². The Kier molecular flexibility index (Phi) is 3.02. The number of aromatic nitrogens is 1. The Morgan fingerprint density at radius 1 is 1.30 bits per heavy atom. The van der Waals surface area contributed by atoms with Crippen molar-refractivity contribution in [2.75, 3.05) is 5.73 Å². The molecule has 1 aliphatic rings. The number of rotatable bonds is 3. The number of imide groups is 1. The van der Waals surface area contributed by atoms with E-state index in [9.17, 15) is 9.59 Å². The summed E-state index contributed by atoms with van der Waals surface area (Å²) >= 11 is 1.45. The highest BCUT2D eigenvalue weighted by molar-refractivity contribution is 7.09. The Morgan fingerprint density at radius 2 is 2.05 bits per heavy atom. The molecule has 6 heteroatoms. The highest BCUT2D eigenvalue weighted by Gasteiger charge is 2.40. The average molecular weight is 287 g/mol. The topological polar surface area (TPSA) is 76.3 Å². The molecule has 0 saturated carbocycles. The molecule has 3 rings (SSSR count). The van der Waals surface area contributed by atoms with Crippen molar-refractivity contribution in [1.82, 2.24) is 9.88 Å². The molecule has 0 saturated heterocycles. The predicted molar refractivity (Wildman–Crippen MR) is 76.5 cm³/mol. The first-order chi connectivity index (χ1) is 9.63. The van der Waals surface area contributed by atoms with Gasteiger partial charge in [-0.1, -0.05) is 6.92 Å². The normalized spacial score (nSPS) is 15.6. The lowest BCUT2D eigenvalue weighted by molar-refractivity contribution is 0.0577. The highest BCUT2D eigenvalue weighted by Crippen LogP contribution is 2.34. The lowest BCUT2D eigenvalue weighted by Crippen LogP contribution is -2.33. The van der Waals surface area contributed by atoms with Crippen molar-refractivity contribution >= 4 is 28.8 Å². The van der Waals surface area contributed by atoms with Gasteiger partial charge in [-0.3, -0.25) is 14.5 Å². The number of nitrogens with zero attached hydrogens (tertiary/aromatic N) is 2. The fraction of sp³-hybridized carbons (Fsp3) is 0.214. The molecule has 2 amide bonds. The number of thiazole rings is 1. The van der Waals surface area contributed by atoms with E-state index in [2.05, 4.69) is 4.98 Å². The molecule has 102 valence electrons. The van der Waals surface area contributed by atoms with E-state index in [1.807, 2.05) is 12.3 Å². The molecule has 0 radical (unpaired) electrons. The molecular formula is C14H13N3O2S. The average Bonchev–Trinajstić information content (AvgIpc) is 3.03. The number of hydrogen-bond donors (Lipinski definition) is 1. The van der Waals surface area contributed by atoms with Crippen molar-refractivity contribution in [2.45, 2.75) is 19.4 Å². The number of carbonyl (C=O) groups excluding carboxylic acids is 2. The fourth-order valence-corrected chi connectivity index (χ4v) is 3.24. The summed E-state index contributed by atoms with van der Waals surface area (Å²) in [6.07, 6.45) is 2.31. The number of carbonyl (C=O) groups is 2. The van der Waals surface area contributed by atoms with Crippen LogP contribution in [-0.4, -0.2) is 21.7 Å². The number of nitrogens with two attached hydrogens (primary N) is 1. The molecule has 2 heterocycles. The summed E-state index contributed by atoms with van der Waals surface area (Å²) in [6.45, 7) is 1.93. The van der Waals surface area contributed by atoms with Crippen LogP contribution in [0.15, 0.2) is 29.8 Å². The van der Waals surface area contributed by atoms with E-state index in [0.717, 1.165) is 5.01 Å². The van der Waals surface area contributed by atoms with Crippen LogP contribution in [0.1, 0.15) is 45.1 Å². The molecule has 1 aliphatic heterocycles. The maximum atomic E-state index is 12.5. The largest absolute Gasteiger partial charge is 0.399 e. The van der Waals surface area contributed by atoms with Gasteiger partial charge in [0.1, 0.15) is 5.01 Å². The van der Waals surface area contributed by atoms with Gasteiger partial charge in [0.15, 0.2) is 0 Å². The van der Waals surface area contributed by atoms with Crippen LogP contribution in [0.5, 0.6) is 0 Å². The second-order valence-corrected chi connectivity index (χ2v) is 5.51. The van der Waals surface area contributed by atoms with Gasteiger partial charge >= 0.3 is 0 Å². The Labute approximate surface area is 120 Å². The van der Waals surface area contributed by atoms with E-state index in [4.69, 9.17) is 5.73 Å². The van der Waals surface area contributed by atoms with Gasteiger partial charge < -0.3 is 5.73 Å². The smallest absolute Gasteiger partial charge is 0.262 e. The third-order valence-electron chi connectivity index (χ3n) is 3.38. The third kappa shape index (κ3) is 1.80. The van der Waals surface area contributed by atoms with Crippen molar-refractivity contribution in [2.24, 2.45) is 0 Å². The molecule has 2 aromatic rings. The first-order valence-corrected chi connectivity index (χ1v) is 7.18. The lowest BCUT2D eigenvalue weighted by Gasteiger charge is -2.23. The van der Waals surface area contributed by atoms with E-state index >= 15 is 0 Å². The first-order valence-electron chi connectivity index (χ1n) is 6.30. The highest BCUT2D eigenvalue weighted by atomic mass is 32.1. The maximum absolute atomic E-state index is 12.5. The van der Waals surface area contributed by atoms with Gasteiger partial charge in [0, 0.05) is 17.3 Å². The molecule has 0 fully saturated rings. The summed E-state index contributed by atoms with van der Waals surface area (Å²) in [5, 5.41) is 2.61. The van der Waals surface area contributed by atoms with Crippen LogP contribution in [-0.2, 0) is 0 Å². The van der Waals surface area contributed by atoms with Crippen molar-refractivity contribution < 1.29 is 9.59 Å². The zero-order valence-electron chi connectivity index (χ0n) is 10.9. The van der Waals surface area contributed by atoms with Gasteiger partial charge in [0.05, 0.1) is 17.2 Å². The number of hydrogen-bond acceptors (Lipinski definition) is 5. The second kappa shape index (κ2) is 4.72. The van der Waals surface area contributed by atoms with Crippen LogP contribution in [0.2, 0.25) is 0 Å². The maximum Gasteiger partial charge on any atom is 0.262 e. The van der Waals surface area contributed by atoms with Gasteiger partial charge in [0.25, 0.3) is 11.8 Å². The van der Waals surface area contributed by atoms with Crippen LogP contribution in [0.3, 0.4) is 0 Å². The van der Waals surface area contributed by atoms with E-state index < -0.39 is 0 Å². The molecule has 1 aromatic carbocycles. The van der Waals surface area contributed by atoms with Crippen LogP contribution in [0.25, 0.3) is 0 Å². The number of nitrogen functional groups attached to an aromatic ring is 1. The minimum absolute atomic E-state index is 0.271. The van der Waals surface area contributed by atoms with Crippen LogP contribution in [0.4, 0.5) is 5.69 Å². The van der Waals surface area contributed by atoms with Gasteiger partial charge in [-0.2, -0.15) is 0 Å². The molecule has 0 aliphatic carbocycles. The Morgan fingerprint density at radius 3 is 2.70 bits per heavy atom. The minimum Gasteiger partial charge on any atom is -0.399 e. The Hall–Kier alpha value is -2.21. The van der Waals surface area contributed by atoms with Crippen molar-refractivity contribution in [3.63, 3.8) is 0 Å². The number of amides is 2. The fourth-order valence-electron chi connectivity index (χ4n) is 2.43. The van der Waals surface area contributed by atoms with Crippen molar-refractivity contribution in [1.29, 1.82) is 0 Å². The molecule has 20 heavy (non-hydrogen) atoms.